The molecule has 3 nitrogen and oxygen atoms in total. The van der Waals surface area contributed by atoms with Crippen molar-refractivity contribution >= 4 is 17.6 Å². The average Bonchev–Trinajstić information content (AvgIpc) is 2.75. The zero-order valence-corrected chi connectivity index (χ0v) is 8.26. The first-order valence-electron chi connectivity index (χ1n) is 4.62. The molecule has 4 heteroatoms. The van der Waals surface area contributed by atoms with Crippen molar-refractivity contribution in [2.24, 2.45) is 5.10 Å². The zero-order valence-electron chi connectivity index (χ0n) is 7.44. The third-order valence-corrected chi connectivity index (χ3v) is 2.97. The molecule has 0 aliphatic heterocycles. The molecule has 2 rings (SSSR count). The second kappa shape index (κ2) is 4.37. The fourth-order valence-electron chi connectivity index (χ4n) is 1.55. The number of hydrazone groups is 1. The third-order valence-electron chi connectivity index (χ3n) is 2.26. The van der Waals surface area contributed by atoms with E-state index < -0.39 is 0 Å². The highest BCUT2D eigenvalue weighted by molar-refractivity contribution is 7.11. The van der Waals surface area contributed by atoms with Gasteiger partial charge < -0.3 is 5.43 Å². The molecule has 0 spiro atoms. The van der Waals surface area contributed by atoms with Crippen LogP contribution in [0.25, 0.3) is 0 Å². The largest absolute Gasteiger partial charge is 0.307 e. The van der Waals surface area contributed by atoms with Gasteiger partial charge in [-0.2, -0.15) is 5.10 Å². The van der Waals surface area contributed by atoms with E-state index in [2.05, 4.69) is 15.5 Å². The molecule has 0 amide bonds. The van der Waals surface area contributed by atoms with Crippen LogP contribution in [0.2, 0.25) is 0 Å². The molecule has 1 aliphatic rings. The molecule has 1 N–H and O–H groups in total. The first-order chi connectivity index (χ1) is 6.45. The lowest BCUT2D eigenvalue weighted by Gasteiger charge is -2.06. The molecule has 0 bridgehead atoms. The van der Waals surface area contributed by atoms with Crippen LogP contribution < -0.4 is 5.43 Å². The minimum Gasteiger partial charge on any atom is -0.307 e. The smallest absolute Gasteiger partial charge is 0.0798 e. The summed E-state index contributed by atoms with van der Waals surface area (Å²) in [5.41, 5.74) is 4.98. The lowest BCUT2D eigenvalue weighted by atomic mass is 10.3. The lowest BCUT2D eigenvalue weighted by Crippen LogP contribution is -2.20. The highest BCUT2D eigenvalue weighted by Gasteiger charge is 2.12. The standard InChI is InChI=1S/C9H13N3S/c1-2-4-8(3-1)12-11-6-9-5-10-7-13-9/h5-8,12H,1-4H2/b11-6+. The van der Waals surface area contributed by atoms with Gasteiger partial charge in [0.25, 0.3) is 0 Å². The first kappa shape index (κ1) is 8.69. The van der Waals surface area contributed by atoms with E-state index in [1.54, 1.807) is 11.3 Å². The van der Waals surface area contributed by atoms with E-state index in [4.69, 9.17) is 0 Å². The number of thiazole rings is 1. The fourth-order valence-corrected chi connectivity index (χ4v) is 2.03. The molecule has 1 aliphatic carbocycles. The van der Waals surface area contributed by atoms with Gasteiger partial charge in [0.15, 0.2) is 0 Å². The average molecular weight is 195 g/mol. The number of nitrogens with zero attached hydrogens (tertiary/aromatic N) is 2. The Hall–Kier alpha value is -0.900. The summed E-state index contributed by atoms with van der Waals surface area (Å²) >= 11 is 1.60. The Morgan fingerprint density at radius 3 is 3.08 bits per heavy atom. The second-order valence-electron chi connectivity index (χ2n) is 3.27. The lowest BCUT2D eigenvalue weighted by molar-refractivity contribution is 0.549. The van der Waals surface area contributed by atoms with Gasteiger partial charge in [0.2, 0.25) is 0 Å². The van der Waals surface area contributed by atoms with Gasteiger partial charge >= 0.3 is 0 Å². The summed E-state index contributed by atoms with van der Waals surface area (Å²) in [6.07, 6.45) is 8.88. The van der Waals surface area contributed by atoms with Crippen LogP contribution in [0.3, 0.4) is 0 Å². The maximum Gasteiger partial charge on any atom is 0.0798 e. The van der Waals surface area contributed by atoms with Crippen molar-refractivity contribution in [3.8, 4) is 0 Å². The zero-order chi connectivity index (χ0) is 8.93. The number of aromatic nitrogens is 1. The van der Waals surface area contributed by atoms with E-state index in [9.17, 15) is 0 Å². The molecule has 13 heavy (non-hydrogen) atoms. The molecule has 0 saturated heterocycles. The molecule has 1 heterocycles. The van der Waals surface area contributed by atoms with Crippen LogP contribution in [0.15, 0.2) is 16.8 Å². The van der Waals surface area contributed by atoms with Crippen molar-refractivity contribution < 1.29 is 0 Å². The van der Waals surface area contributed by atoms with Crippen molar-refractivity contribution in [2.45, 2.75) is 31.7 Å². The molecule has 0 unspecified atom stereocenters. The fraction of sp³-hybridized carbons (Fsp3) is 0.556. The molecular formula is C9H13N3S. The molecule has 0 radical (unpaired) electrons. The maximum absolute atomic E-state index is 4.19. The molecule has 0 aromatic carbocycles. The van der Waals surface area contributed by atoms with E-state index in [0.717, 1.165) is 4.88 Å². The quantitative estimate of drug-likeness (QED) is 0.591. The van der Waals surface area contributed by atoms with Crippen molar-refractivity contribution in [2.75, 3.05) is 0 Å². The summed E-state index contributed by atoms with van der Waals surface area (Å²) in [5.74, 6) is 0. The summed E-state index contributed by atoms with van der Waals surface area (Å²) < 4.78 is 0. The minimum absolute atomic E-state index is 0.601. The van der Waals surface area contributed by atoms with Crippen LogP contribution in [-0.4, -0.2) is 17.2 Å². The van der Waals surface area contributed by atoms with Gasteiger partial charge in [-0.1, -0.05) is 12.8 Å². The monoisotopic (exact) mass is 195 g/mol. The number of rotatable bonds is 3. The van der Waals surface area contributed by atoms with Crippen LogP contribution >= 0.6 is 11.3 Å². The third kappa shape index (κ3) is 2.52. The van der Waals surface area contributed by atoms with Gasteiger partial charge in [0.1, 0.15) is 0 Å². The van der Waals surface area contributed by atoms with Crippen LogP contribution in [0.1, 0.15) is 30.6 Å². The molecular weight excluding hydrogens is 182 g/mol. The van der Waals surface area contributed by atoms with Gasteiger partial charge in [0, 0.05) is 12.2 Å². The van der Waals surface area contributed by atoms with E-state index in [1.165, 1.54) is 25.7 Å². The molecule has 0 atom stereocenters. The SMILES string of the molecule is C(=N\NC1CCCC1)/c1cncs1. The predicted molar refractivity (Wildman–Crippen MR) is 55.1 cm³/mol. The van der Waals surface area contributed by atoms with Gasteiger partial charge in [0.05, 0.1) is 16.6 Å². The first-order valence-corrected chi connectivity index (χ1v) is 5.50. The number of hydrogen-bond acceptors (Lipinski definition) is 4. The number of hydrogen-bond donors (Lipinski definition) is 1. The van der Waals surface area contributed by atoms with Gasteiger partial charge in [-0.25, -0.2) is 0 Å². The Bertz CT molecular complexity index is 262. The second-order valence-corrected chi connectivity index (χ2v) is 4.19. The summed E-state index contributed by atoms with van der Waals surface area (Å²) in [7, 11) is 0. The highest BCUT2D eigenvalue weighted by Crippen LogP contribution is 2.17. The summed E-state index contributed by atoms with van der Waals surface area (Å²) in [5, 5.41) is 4.19. The molecule has 70 valence electrons. The van der Waals surface area contributed by atoms with Gasteiger partial charge in [-0.3, -0.25) is 4.98 Å². The topological polar surface area (TPSA) is 37.3 Å². The van der Waals surface area contributed by atoms with Crippen LogP contribution in [-0.2, 0) is 0 Å². The van der Waals surface area contributed by atoms with E-state index >= 15 is 0 Å². The normalized spacial score (nSPS) is 18.5. The highest BCUT2D eigenvalue weighted by atomic mass is 32.1. The minimum atomic E-state index is 0.601. The maximum atomic E-state index is 4.19. The Kier molecular flexibility index (Phi) is 2.92. The van der Waals surface area contributed by atoms with Gasteiger partial charge in [-0.15, -0.1) is 11.3 Å². The molecule has 1 aromatic rings. The summed E-state index contributed by atoms with van der Waals surface area (Å²) in [4.78, 5) is 5.07. The molecule has 1 saturated carbocycles. The Labute approximate surface area is 81.9 Å². The van der Waals surface area contributed by atoms with Crippen LogP contribution in [0, 0.1) is 0 Å². The summed E-state index contributed by atoms with van der Waals surface area (Å²) in [6.45, 7) is 0. The van der Waals surface area contributed by atoms with Crippen LogP contribution in [0.4, 0.5) is 0 Å². The van der Waals surface area contributed by atoms with E-state index in [1.807, 2.05) is 17.9 Å². The number of nitrogens with one attached hydrogen (secondary N) is 1. The predicted octanol–water partition coefficient (Wildman–Crippen LogP) is 2.01. The van der Waals surface area contributed by atoms with Gasteiger partial charge in [-0.05, 0) is 12.8 Å². The Morgan fingerprint density at radius 2 is 2.38 bits per heavy atom. The Balaban J connectivity index is 1.78. The van der Waals surface area contributed by atoms with E-state index in [0.29, 0.717) is 6.04 Å². The van der Waals surface area contributed by atoms with Crippen molar-refractivity contribution in [1.82, 2.24) is 10.4 Å². The van der Waals surface area contributed by atoms with Crippen molar-refractivity contribution in [3.05, 3.63) is 16.6 Å². The van der Waals surface area contributed by atoms with Crippen molar-refractivity contribution in [1.29, 1.82) is 0 Å². The van der Waals surface area contributed by atoms with Crippen molar-refractivity contribution in [3.63, 3.8) is 0 Å². The van der Waals surface area contributed by atoms with Crippen LogP contribution in [0.5, 0.6) is 0 Å². The molecule has 1 aromatic heterocycles. The molecule has 1 fully saturated rings. The van der Waals surface area contributed by atoms with E-state index in [-0.39, 0.29) is 0 Å². The Morgan fingerprint density at radius 1 is 1.54 bits per heavy atom. The summed E-state index contributed by atoms with van der Waals surface area (Å²) in [6, 6.07) is 0.601.